The molecular formula is C19H23N3O4S. The van der Waals surface area contributed by atoms with Crippen molar-refractivity contribution in [2.24, 2.45) is 5.14 Å². The molecule has 0 atom stereocenters. The monoisotopic (exact) mass is 389 g/mol. The topological polar surface area (TPSA) is 118 Å². The molecule has 0 bridgehead atoms. The first-order valence-corrected chi connectivity index (χ1v) is 10.1. The maximum absolute atomic E-state index is 11.8. The summed E-state index contributed by atoms with van der Waals surface area (Å²) < 4.78 is 22.4. The molecule has 2 rings (SSSR count). The number of carbonyl (C=O) groups is 2. The fraction of sp³-hybridized carbons (Fsp3) is 0.263. The van der Waals surface area contributed by atoms with Crippen molar-refractivity contribution in [3.05, 3.63) is 65.7 Å². The zero-order valence-electron chi connectivity index (χ0n) is 14.9. The molecule has 0 aliphatic heterocycles. The Kier molecular flexibility index (Phi) is 7.51. The molecule has 0 radical (unpaired) electrons. The Balaban J connectivity index is 1.63. The number of primary sulfonamides is 1. The predicted molar refractivity (Wildman–Crippen MR) is 102 cm³/mol. The SMILES string of the molecule is NS(=O)(=O)c1ccc(CCNC(=O)CNC(=O)CCc2ccccc2)cc1. The van der Waals surface area contributed by atoms with Crippen LogP contribution in [0.5, 0.6) is 0 Å². The van der Waals surface area contributed by atoms with Gasteiger partial charge in [0, 0.05) is 13.0 Å². The molecule has 0 saturated heterocycles. The Morgan fingerprint density at radius 1 is 0.815 bits per heavy atom. The van der Waals surface area contributed by atoms with Crippen LogP contribution in [0.1, 0.15) is 17.5 Å². The van der Waals surface area contributed by atoms with Crippen molar-refractivity contribution in [3.63, 3.8) is 0 Å². The number of hydrogen-bond donors (Lipinski definition) is 3. The summed E-state index contributed by atoms with van der Waals surface area (Å²) in [6.45, 7) is 0.311. The van der Waals surface area contributed by atoms with Gasteiger partial charge >= 0.3 is 0 Å². The number of rotatable bonds is 9. The third-order valence-electron chi connectivity index (χ3n) is 3.92. The molecule has 0 aliphatic carbocycles. The smallest absolute Gasteiger partial charge is 0.239 e. The summed E-state index contributed by atoms with van der Waals surface area (Å²) in [4.78, 5) is 23.6. The van der Waals surface area contributed by atoms with Crippen LogP contribution in [0.2, 0.25) is 0 Å². The molecule has 2 aromatic carbocycles. The molecule has 4 N–H and O–H groups in total. The van der Waals surface area contributed by atoms with Gasteiger partial charge in [-0.1, -0.05) is 42.5 Å². The Morgan fingerprint density at radius 2 is 1.44 bits per heavy atom. The van der Waals surface area contributed by atoms with Crippen molar-refractivity contribution in [2.45, 2.75) is 24.2 Å². The highest BCUT2D eigenvalue weighted by molar-refractivity contribution is 7.89. The minimum Gasteiger partial charge on any atom is -0.354 e. The molecule has 0 saturated carbocycles. The van der Waals surface area contributed by atoms with Gasteiger partial charge in [-0.25, -0.2) is 13.6 Å². The maximum Gasteiger partial charge on any atom is 0.239 e. The summed E-state index contributed by atoms with van der Waals surface area (Å²) in [6.07, 6.45) is 1.50. The van der Waals surface area contributed by atoms with Gasteiger partial charge in [0.25, 0.3) is 0 Å². The van der Waals surface area contributed by atoms with Crippen LogP contribution in [-0.2, 0) is 32.5 Å². The lowest BCUT2D eigenvalue weighted by atomic mass is 10.1. The Bertz CT molecular complexity index is 866. The molecule has 0 unspecified atom stereocenters. The second-order valence-corrected chi connectivity index (χ2v) is 7.61. The molecule has 0 fully saturated rings. The number of carbonyl (C=O) groups excluding carboxylic acids is 2. The molecule has 27 heavy (non-hydrogen) atoms. The Labute approximate surface area is 159 Å². The van der Waals surface area contributed by atoms with E-state index in [0.717, 1.165) is 11.1 Å². The summed E-state index contributed by atoms with van der Waals surface area (Å²) in [5.41, 5.74) is 1.94. The van der Waals surface area contributed by atoms with Crippen molar-refractivity contribution in [1.82, 2.24) is 10.6 Å². The molecule has 2 amide bonds. The van der Waals surface area contributed by atoms with Gasteiger partial charge in [0.2, 0.25) is 21.8 Å². The van der Waals surface area contributed by atoms with Crippen LogP contribution in [0, 0.1) is 0 Å². The zero-order valence-corrected chi connectivity index (χ0v) is 15.7. The summed E-state index contributed by atoms with van der Waals surface area (Å²) in [6, 6.07) is 15.8. The number of nitrogens with two attached hydrogens (primary N) is 1. The molecule has 0 aliphatic rings. The molecule has 144 valence electrons. The number of sulfonamides is 1. The van der Waals surface area contributed by atoms with Gasteiger partial charge in [-0.2, -0.15) is 0 Å². The van der Waals surface area contributed by atoms with E-state index >= 15 is 0 Å². The van der Waals surface area contributed by atoms with E-state index in [1.807, 2.05) is 30.3 Å². The second-order valence-electron chi connectivity index (χ2n) is 6.05. The van der Waals surface area contributed by atoms with Gasteiger partial charge in [-0.05, 0) is 36.1 Å². The van der Waals surface area contributed by atoms with Crippen LogP contribution in [0.4, 0.5) is 0 Å². The fourth-order valence-corrected chi connectivity index (χ4v) is 2.94. The summed E-state index contributed by atoms with van der Waals surface area (Å²) in [5.74, 6) is -0.447. The highest BCUT2D eigenvalue weighted by Gasteiger charge is 2.08. The lowest BCUT2D eigenvalue weighted by molar-refractivity contribution is -0.126. The van der Waals surface area contributed by atoms with E-state index in [9.17, 15) is 18.0 Å². The van der Waals surface area contributed by atoms with Crippen LogP contribution in [0.3, 0.4) is 0 Å². The zero-order chi connectivity index (χ0) is 19.7. The summed E-state index contributed by atoms with van der Waals surface area (Å²) in [5, 5.41) is 10.3. The maximum atomic E-state index is 11.8. The number of amides is 2. The van der Waals surface area contributed by atoms with Crippen LogP contribution in [0.15, 0.2) is 59.5 Å². The van der Waals surface area contributed by atoms with E-state index in [1.54, 1.807) is 12.1 Å². The molecular weight excluding hydrogens is 366 g/mol. The van der Waals surface area contributed by atoms with E-state index in [1.165, 1.54) is 12.1 Å². The molecule has 0 aromatic heterocycles. The largest absolute Gasteiger partial charge is 0.354 e. The van der Waals surface area contributed by atoms with E-state index < -0.39 is 10.0 Å². The van der Waals surface area contributed by atoms with Gasteiger partial charge in [-0.15, -0.1) is 0 Å². The average molecular weight is 389 g/mol. The van der Waals surface area contributed by atoms with Gasteiger partial charge in [0.05, 0.1) is 11.4 Å². The molecule has 8 heteroatoms. The van der Waals surface area contributed by atoms with Crippen molar-refractivity contribution in [3.8, 4) is 0 Å². The average Bonchev–Trinajstić information content (AvgIpc) is 2.65. The van der Waals surface area contributed by atoms with E-state index in [0.29, 0.717) is 25.8 Å². The normalized spacial score (nSPS) is 11.0. The summed E-state index contributed by atoms with van der Waals surface area (Å²) >= 11 is 0. The van der Waals surface area contributed by atoms with Gasteiger partial charge < -0.3 is 10.6 Å². The predicted octanol–water partition coefficient (Wildman–Crippen LogP) is 0.742. The van der Waals surface area contributed by atoms with Crippen molar-refractivity contribution in [2.75, 3.05) is 13.1 Å². The molecule has 7 nitrogen and oxygen atoms in total. The van der Waals surface area contributed by atoms with E-state index in [2.05, 4.69) is 10.6 Å². The van der Waals surface area contributed by atoms with Gasteiger partial charge in [0.15, 0.2) is 0 Å². The number of aryl methyl sites for hydroxylation is 1. The lowest BCUT2D eigenvalue weighted by Crippen LogP contribution is -2.37. The number of nitrogens with one attached hydrogen (secondary N) is 2. The van der Waals surface area contributed by atoms with Crippen LogP contribution in [0.25, 0.3) is 0 Å². The first-order valence-electron chi connectivity index (χ1n) is 8.53. The summed E-state index contributed by atoms with van der Waals surface area (Å²) in [7, 11) is -3.70. The molecule has 0 heterocycles. The van der Waals surface area contributed by atoms with E-state index in [4.69, 9.17) is 5.14 Å². The third-order valence-corrected chi connectivity index (χ3v) is 4.85. The van der Waals surface area contributed by atoms with Crippen LogP contribution < -0.4 is 15.8 Å². The minimum atomic E-state index is -3.70. The fourth-order valence-electron chi connectivity index (χ4n) is 2.42. The van der Waals surface area contributed by atoms with Crippen molar-refractivity contribution < 1.29 is 18.0 Å². The highest BCUT2D eigenvalue weighted by atomic mass is 32.2. The highest BCUT2D eigenvalue weighted by Crippen LogP contribution is 2.08. The second kappa shape index (κ2) is 9.84. The minimum absolute atomic E-state index is 0.0495. The Morgan fingerprint density at radius 3 is 2.07 bits per heavy atom. The Hall–Kier alpha value is -2.71. The van der Waals surface area contributed by atoms with Gasteiger partial charge in [-0.3, -0.25) is 9.59 Å². The first kappa shape index (κ1) is 20.6. The van der Waals surface area contributed by atoms with E-state index in [-0.39, 0.29) is 23.3 Å². The number of benzene rings is 2. The first-order chi connectivity index (χ1) is 12.8. The molecule has 0 spiro atoms. The quantitative estimate of drug-likeness (QED) is 0.586. The third kappa shape index (κ3) is 7.59. The van der Waals surface area contributed by atoms with Crippen LogP contribution >= 0.6 is 0 Å². The standard InChI is InChI=1S/C19H23N3O4S/c20-27(25,26)17-9-6-16(7-10-17)12-13-21-19(24)14-22-18(23)11-8-15-4-2-1-3-5-15/h1-7,9-10H,8,11-14H2,(H,21,24)(H,22,23)(H2,20,25,26). The lowest BCUT2D eigenvalue weighted by Gasteiger charge is -2.08. The van der Waals surface area contributed by atoms with Crippen molar-refractivity contribution in [1.29, 1.82) is 0 Å². The van der Waals surface area contributed by atoms with Gasteiger partial charge in [0.1, 0.15) is 0 Å². The number of hydrogen-bond acceptors (Lipinski definition) is 4. The van der Waals surface area contributed by atoms with Crippen LogP contribution in [-0.4, -0.2) is 33.3 Å². The van der Waals surface area contributed by atoms with Crippen molar-refractivity contribution >= 4 is 21.8 Å². The molecule has 2 aromatic rings.